The SMILES string of the molecule is COC(=O)C(CCO)NCc1ccc(-c2ncc(OC)c(-c3cccc(-c4ccc(CNC[C@@H]5CCC(=O)N5)c(OC)n4)c3Cl)c2Cl)cn1. The van der Waals surface area contributed by atoms with Crippen LogP contribution < -0.4 is 25.4 Å². The van der Waals surface area contributed by atoms with Gasteiger partial charge in [-0.05, 0) is 31.0 Å². The number of benzene rings is 1. The summed E-state index contributed by atoms with van der Waals surface area (Å²) in [5.74, 6) is 0.524. The molecule has 0 saturated carbocycles. The number of methoxy groups -OCH3 is 3. The zero-order valence-electron chi connectivity index (χ0n) is 27.4. The molecule has 3 aromatic heterocycles. The van der Waals surface area contributed by atoms with Crippen LogP contribution in [-0.4, -0.2) is 78.5 Å². The molecule has 1 saturated heterocycles. The molecular weight excluding hydrogens is 671 g/mol. The first-order chi connectivity index (χ1) is 23.8. The van der Waals surface area contributed by atoms with E-state index in [1.165, 1.54) is 14.2 Å². The predicted molar refractivity (Wildman–Crippen MR) is 186 cm³/mol. The topological polar surface area (TPSA) is 157 Å². The van der Waals surface area contributed by atoms with Gasteiger partial charge in [-0.1, -0.05) is 47.5 Å². The number of hydrogen-bond donors (Lipinski definition) is 4. The molecule has 4 heterocycles. The molecule has 4 N–H and O–H groups in total. The summed E-state index contributed by atoms with van der Waals surface area (Å²) in [6.45, 7) is 1.30. The number of hydrogen-bond acceptors (Lipinski definition) is 11. The van der Waals surface area contributed by atoms with Crippen molar-refractivity contribution in [1.29, 1.82) is 0 Å². The fraction of sp³-hybridized carbons (Fsp3) is 0.343. The molecule has 49 heavy (non-hydrogen) atoms. The molecule has 1 amide bonds. The van der Waals surface area contributed by atoms with Crippen LogP contribution in [-0.2, 0) is 27.4 Å². The number of nitrogens with zero attached hydrogens (tertiary/aromatic N) is 3. The van der Waals surface area contributed by atoms with Crippen LogP contribution in [0.25, 0.3) is 33.6 Å². The summed E-state index contributed by atoms with van der Waals surface area (Å²) in [4.78, 5) is 37.3. The number of carbonyl (C=O) groups is 2. The number of aliphatic hydroxyl groups excluding tert-OH is 1. The van der Waals surface area contributed by atoms with Crippen LogP contribution in [0.2, 0.25) is 10.0 Å². The van der Waals surface area contributed by atoms with Gasteiger partial charge in [-0.25, -0.2) is 4.98 Å². The molecule has 5 rings (SSSR count). The first-order valence-corrected chi connectivity index (χ1v) is 16.5. The van der Waals surface area contributed by atoms with Gasteiger partial charge in [0.2, 0.25) is 11.8 Å². The van der Waals surface area contributed by atoms with Crippen molar-refractivity contribution in [1.82, 2.24) is 30.9 Å². The second kappa shape index (κ2) is 16.9. The Bertz CT molecular complexity index is 1790. The van der Waals surface area contributed by atoms with Crippen LogP contribution in [0.4, 0.5) is 0 Å². The Morgan fingerprint density at radius 1 is 1.02 bits per heavy atom. The van der Waals surface area contributed by atoms with Gasteiger partial charge in [0.15, 0.2) is 0 Å². The van der Waals surface area contributed by atoms with E-state index in [9.17, 15) is 14.7 Å². The van der Waals surface area contributed by atoms with Gasteiger partial charge in [0, 0.05) is 72.7 Å². The molecule has 4 aromatic rings. The molecule has 0 spiro atoms. The van der Waals surface area contributed by atoms with Gasteiger partial charge < -0.3 is 30.0 Å². The summed E-state index contributed by atoms with van der Waals surface area (Å²) in [5.41, 5.74) is 5.15. The summed E-state index contributed by atoms with van der Waals surface area (Å²) in [6, 6.07) is 12.5. The molecule has 1 aliphatic rings. The van der Waals surface area contributed by atoms with Crippen LogP contribution in [0.3, 0.4) is 0 Å². The second-order valence-corrected chi connectivity index (χ2v) is 12.1. The number of pyridine rings is 3. The van der Waals surface area contributed by atoms with Crippen molar-refractivity contribution in [3.8, 4) is 45.3 Å². The Balaban J connectivity index is 1.39. The Morgan fingerprint density at radius 3 is 2.51 bits per heavy atom. The Morgan fingerprint density at radius 2 is 1.84 bits per heavy atom. The molecule has 14 heteroatoms. The second-order valence-electron chi connectivity index (χ2n) is 11.3. The molecule has 1 fully saturated rings. The lowest BCUT2D eigenvalue weighted by Gasteiger charge is -2.17. The zero-order valence-corrected chi connectivity index (χ0v) is 28.9. The summed E-state index contributed by atoms with van der Waals surface area (Å²) in [5, 5.41) is 19.4. The van der Waals surface area contributed by atoms with E-state index in [1.807, 2.05) is 36.4 Å². The van der Waals surface area contributed by atoms with Crippen molar-refractivity contribution >= 4 is 35.1 Å². The highest BCUT2D eigenvalue weighted by atomic mass is 35.5. The van der Waals surface area contributed by atoms with E-state index >= 15 is 0 Å². The van der Waals surface area contributed by atoms with Gasteiger partial charge >= 0.3 is 5.97 Å². The van der Waals surface area contributed by atoms with E-state index < -0.39 is 12.0 Å². The lowest BCUT2D eigenvalue weighted by atomic mass is 9.99. The Hall–Kier alpha value is -4.33. The van der Waals surface area contributed by atoms with Crippen LogP contribution in [0.1, 0.15) is 30.5 Å². The minimum Gasteiger partial charge on any atom is -0.494 e. The molecule has 1 unspecified atom stereocenters. The number of aliphatic hydroxyl groups is 1. The third-order valence-electron chi connectivity index (χ3n) is 8.20. The van der Waals surface area contributed by atoms with Crippen molar-refractivity contribution in [3.63, 3.8) is 0 Å². The van der Waals surface area contributed by atoms with E-state index in [0.29, 0.717) is 80.5 Å². The first kappa shape index (κ1) is 36.0. The molecule has 258 valence electrons. The van der Waals surface area contributed by atoms with Gasteiger partial charge in [-0.2, -0.15) is 0 Å². The average Bonchev–Trinajstić information content (AvgIpc) is 3.54. The van der Waals surface area contributed by atoms with Crippen LogP contribution in [0.5, 0.6) is 11.6 Å². The minimum absolute atomic E-state index is 0.0828. The first-order valence-electron chi connectivity index (χ1n) is 15.7. The van der Waals surface area contributed by atoms with Crippen LogP contribution in [0.15, 0.2) is 54.9 Å². The van der Waals surface area contributed by atoms with Gasteiger partial charge in [-0.3, -0.25) is 24.9 Å². The van der Waals surface area contributed by atoms with Crippen molar-refractivity contribution < 1.29 is 28.9 Å². The van der Waals surface area contributed by atoms with Gasteiger partial charge in [0.1, 0.15) is 11.8 Å². The van der Waals surface area contributed by atoms with E-state index in [-0.39, 0.29) is 31.5 Å². The van der Waals surface area contributed by atoms with E-state index in [1.54, 1.807) is 25.6 Å². The van der Waals surface area contributed by atoms with E-state index in [4.69, 9.17) is 42.4 Å². The quantitative estimate of drug-likeness (QED) is 0.128. The number of aromatic nitrogens is 3. The average molecular weight is 710 g/mol. The van der Waals surface area contributed by atoms with Gasteiger partial charge in [-0.15, -0.1) is 0 Å². The lowest BCUT2D eigenvalue weighted by Crippen LogP contribution is -2.38. The monoisotopic (exact) mass is 708 g/mol. The van der Waals surface area contributed by atoms with Crippen molar-refractivity contribution in [3.05, 3.63) is 76.2 Å². The maximum Gasteiger partial charge on any atom is 0.322 e. The fourth-order valence-corrected chi connectivity index (χ4v) is 6.28. The smallest absolute Gasteiger partial charge is 0.322 e. The molecular formula is C35H38Cl2N6O6. The number of esters is 1. The highest BCUT2D eigenvalue weighted by molar-refractivity contribution is 6.39. The third kappa shape index (κ3) is 8.46. The number of rotatable bonds is 15. The minimum atomic E-state index is -0.651. The highest BCUT2D eigenvalue weighted by Gasteiger charge is 2.23. The molecule has 1 aromatic carbocycles. The maximum atomic E-state index is 12.0. The maximum absolute atomic E-state index is 12.0. The van der Waals surface area contributed by atoms with Gasteiger partial charge in [0.05, 0.1) is 54.7 Å². The molecule has 2 atom stereocenters. The molecule has 0 bridgehead atoms. The third-order valence-corrected chi connectivity index (χ3v) is 8.98. The number of nitrogens with one attached hydrogen (secondary N) is 3. The zero-order chi connectivity index (χ0) is 34.9. The van der Waals surface area contributed by atoms with E-state index in [0.717, 1.165) is 12.0 Å². The van der Waals surface area contributed by atoms with E-state index in [2.05, 4.69) is 25.9 Å². The molecule has 0 aliphatic carbocycles. The van der Waals surface area contributed by atoms with Crippen LogP contribution >= 0.6 is 23.2 Å². The molecule has 1 aliphatic heterocycles. The lowest BCUT2D eigenvalue weighted by molar-refractivity contribution is -0.143. The van der Waals surface area contributed by atoms with Crippen molar-refractivity contribution in [2.75, 3.05) is 34.5 Å². The Labute approximate surface area is 294 Å². The number of ether oxygens (including phenoxy) is 3. The summed E-state index contributed by atoms with van der Waals surface area (Å²) in [6.07, 6.45) is 4.83. The largest absolute Gasteiger partial charge is 0.494 e. The molecule has 12 nitrogen and oxygen atoms in total. The standard InChI is InChI=1S/C35H38Cl2N6O6/c1-47-28-19-41-33(20-7-9-22(39-16-20)18-40-27(13-14-44)35(46)49-3)32(37)30(28)25-6-4-5-24(31(25)36)26-11-8-21(34(43-26)48-2)15-38-17-23-10-12-29(45)42-23/h4-9,11,16,19,23,27,38,40,44H,10,12-15,17-18H2,1-3H3,(H,42,45)/t23-,27?/m0/s1. The summed E-state index contributed by atoms with van der Waals surface area (Å²) >= 11 is 14.1. The van der Waals surface area contributed by atoms with Gasteiger partial charge in [0.25, 0.3) is 0 Å². The number of amides is 1. The fourth-order valence-electron chi connectivity index (χ4n) is 5.61. The summed E-state index contributed by atoms with van der Waals surface area (Å²) in [7, 11) is 4.41. The van der Waals surface area contributed by atoms with Crippen molar-refractivity contribution in [2.45, 2.75) is 44.4 Å². The summed E-state index contributed by atoms with van der Waals surface area (Å²) < 4.78 is 16.1. The van der Waals surface area contributed by atoms with Crippen molar-refractivity contribution in [2.24, 2.45) is 0 Å². The van der Waals surface area contributed by atoms with Crippen LogP contribution in [0, 0.1) is 0 Å². The number of halogens is 2. The number of carbonyl (C=O) groups excluding carboxylic acids is 2. The highest BCUT2D eigenvalue weighted by Crippen LogP contribution is 2.46. The molecule has 0 radical (unpaired) electrons. The predicted octanol–water partition coefficient (Wildman–Crippen LogP) is 4.58. The Kier molecular flexibility index (Phi) is 12.4. The normalized spacial score (nSPS) is 14.7.